The van der Waals surface area contributed by atoms with Crippen LogP contribution in [0.3, 0.4) is 0 Å². The zero-order valence-corrected chi connectivity index (χ0v) is 26.7. The van der Waals surface area contributed by atoms with Gasteiger partial charge in [0.25, 0.3) is 0 Å². The molecule has 1 saturated carbocycles. The average molecular weight is 623 g/mol. The molecule has 3 aliphatic rings. The lowest BCUT2D eigenvalue weighted by molar-refractivity contribution is 0.0500. The van der Waals surface area contributed by atoms with Crippen LogP contribution in [0.2, 0.25) is 0 Å². The van der Waals surface area contributed by atoms with Gasteiger partial charge in [0.1, 0.15) is 17.2 Å². The number of aryl methyl sites for hydroxylation is 2. The lowest BCUT2D eigenvalue weighted by Gasteiger charge is -2.24. The van der Waals surface area contributed by atoms with Gasteiger partial charge in [0, 0.05) is 24.1 Å². The molecule has 0 spiro atoms. The molecule has 240 valence electrons. The van der Waals surface area contributed by atoms with Gasteiger partial charge in [-0.1, -0.05) is 48.9 Å². The molecule has 1 unspecified atom stereocenters. The zero-order valence-electron chi connectivity index (χ0n) is 26.7. The van der Waals surface area contributed by atoms with E-state index in [1.165, 1.54) is 10.5 Å². The topological polar surface area (TPSA) is 136 Å². The van der Waals surface area contributed by atoms with Crippen molar-refractivity contribution < 1.29 is 19.4 Å². The van der Waals surface area contributed by atoms with Gasteiger partial charge in [0.15, 0.2) is 0 Å². The van der Waals surface area contributed by atoms with Crippen molar-refractivity contribution in [2.24, 2.45) is 0 Å². The number of H-pyrrole nitrogens is 2. The van der Waals surface area contributed by atoms with Gasteiger partial charge < -0.3 is 25.1 Å². The van der Waals surface area contributed by atoms with E-state index in [0.717, 1.165) is 102 Å². The molecule has 2 aromatic carbocycles. The number of nitrogens with zero attached hydrogens (tertiary/aromatic N) is 3. The number of rotatable bonds is 5. The van der Waals surface area contributed by atoms with Crippen molar-refractivity contribution in [3.05, 3.63) is 71.6 Å². The first-order valence-electron chi connectivity index (χ1n) is 16.5. The number of carbonyl (C=O) groups excluding carboxylic acids is 1. The van der Waals surface area contributed by atoms with Crippen LogP contribution in [0.15, 0.2) is 48.7 Å². The van der Waals surface area contributed by atoms with Crippen LogP contribution in [0, 0.1) is 0 Å². The second-order valence-corrected chi connectivity index (χ2v) is 13.9. The molecule has 2 amide bonds. The third kappa shape index (κ3) is 6.00. The van der Waals surface area contributed by atoms with E-state index in [2.05, 4.69) is 57.7 Å². The second kappa shape index (κ2) is 12.0. The molecule has 2 aliphatic carbocycles. The van der Waals surface area contributed by atoms with Crippen molar-refractivity contribution in [2.75, 3.05) is 6.54 Å². The Morgan fingerprint density at radius 2 is 1.72 bits per heavy atom. The first-order valence-corrected chi connectivity index (χ1v) is 16.5. The number of ether oxygens (including phenoxy) is 1. The van der Waals surface area contributed by atoms with Gasteiger partial charge in [-0.25, -0.2) is 19.6 Å². The maximum atomic E-state index is 12.4. The van der Waals surface area contributed by atoms with Crippen LogP contribution in [0.25, 0.3) is 33.6 Å². The quantitative estimate of drug-likeness (QED) is 0.181. The minimum Gasteiger partial charge on any atom is -0.465 e. The number of carbonyl (C=O) groups is 2. The van der Waals surface area contributed by atoms with Crippen molar-refractivity contribution in [3.8, 4) is 33.6 Å². The number of alkyl carbamates (subject to hydrolysis) is 1. The summed E-state index contributed by atoms with van der Waals surface area (Å²) in [5, 5.41) is 12.7. The van der Waals surface area contributed by atoms with Crippen molar-refractivity contribution >= 4 is 12.2 Å². The maximum Gasteiger partial charge on any atom is 0.407 e. The normalized spacial score (nSPS) is 21.0. The van der Waals surface area contributed by atoms with E-state index in [4.69, 9.17) is 14.7 Å². The number of amides is 2. The second-order valence-electron chi connectivity index (χ2n) is 13.9. The van der Waals surface area contributed by atoms with Crippen LogP contribution in [0.5, 0.6) is 0 Å². The van der Waals surface area contributed by atoms with Crippen LogP contribution >= 0.6 is 0 Å². The van der Waals surface area contributed by atoms with Crippen LogP contribution in [0.1, 0.15) is 94.2 Å². The summed E-state index contributed by atoms with van der Waals surface area (Å²) in [6.07, 6.45) is 8.01. The van der Waals surface area contributed by atoms with Crippen molar-refractivity contribution in [1.82, 2.24) is 30.2 Å². The van der Waals surface area contributed by atoms with Gasteiger partial charge in [0.2, 0.25) is 0 Å². The Kier molecular flexibility index (Phi) is 7.82. The maximum absolute atomic E-state index is 12.4. The molecule has 7 rings (SSSR count). The standard InChI is InChI=1S/C36H42N6O4/c1-36(2,3)46-34(43)40-27-9-5-8-26(27)32-37-20-29(39-32)22-14-12-21(13-15-22)23-16-17-25-24(19-23)7-4-10-28-31(25)41-33(38-28)30-11-6-18-42(30)35(44)45/h12-17,19-20,26-27,30H,4-11,18H2,1-3H3,(H,37,39)(H,38,41)(H,40,43)(H,44,45)/t26-,27+,30?/m0/s1. The number of hydrogen-bond acceptors (Lipinski definition) is 5. The summed E-state index contributed by atoms with van der Waals surface area (Å²) < 4.78 is 5.48. The van der Waals surface area contributed by atoms with E-state index in [1.54, 1.807) is 0 Å². The Hall–Kier alpha value is -4.60. The van der Waals surface area contributed by atoms with E-state index in [0.29, 0.717) is 6.54 Å². The van der Waals surface area contributed by atoms with E-state index < -0.39 is 11.7 Å². The summed E-state index contributed by atoms with van der Waals surface area (Å²) in [6.45, 7) is 6.17. The highest BCUT2D eigenvalue weighted by Crippen LogP contribution is 2.38. The third-order valence-electron chi connectivity index (χ3n) is 9.54. The average Bonchev–Trinajstić information content (AvgIpc) is 3.82. The van der Waals surface area contributed by atoms with Gasteiger partial charge in [-0.2, -0.15) is 0 Å². The highest BCUT2D eigenvalue weighted by Gasteiger charge is 2.34. The summed E-state index contributed by atoms with van der Waals surface area (Å²) in [7, 11) is 0. The molecule has 1 saturated heterocycles. The number of aromatic amines is 2. The minimum absolute atomic E-state index is 0.00370. The minimum atomic E-state index is -0.881. The molecule has 0 radical (unpaired) electrons. The van der Waals surface area contributed by atoms with Crippen molar-refractivity contribution in [1.29, 1.82) is 0 Å². The van der Waals surface area contributed by atoms with Gasteiger partial charge in [-0.15, -0.1) is 0 Å². The Morgan fingerprint density at radius 3 is 2.50 bits per heavy atom. The van der Waals surface area contributed by atoms with Crippen molar-refractivity contribution in [2.45, 2.75) is 95.7 Å². The Morgan fingerprint density at radius 1 is 0.935 bits per heavy atom. The molecule has 10 heteroatoms. The molecule has 3 heterocycles. The van der Waals surface area contributed by atoms with Crippen LogP contribution in [-0.2, 0) is 17.6 Å². The summed E-state index contributed by atoms with van der Waals surface area (Å²) in [5.41, 5.74) is 8.28. The predicted molar refractivity (Wildman–Crippen MR) is 176 cm³/mol. The number of benzene rings is 2. The highest BCUT2D eigenvalue weighted by molar-refractivity contribution is 5.75. The smallest absolute Gasteiger partial charge is 0.407 e. The fourth-order valence-corrected chi connectivity index (χ4v) is 7.37. The number of nitrogens with one attached hydrogen (secondary N) is 3. The SMILES string of the molecule is CC(C)(C)OC(=O)N[C@@H]1CCC[C@@H]1c1ncc(-c2ccc(-c3ccc4c(c3)CCCc3nc(C5CCCN5C(=O)O)[nH]c3-4)cc2)[nH]1. The van der Waals surface area contributed by atoms with E-state index in [1.807, 2.05) is 27.0 Å². The molecule has 4 N–H and O–H groups in total. The Labute approximate surface area is 269 Å². The number of aromatic nitrogens is 4. The summed E-state index contributed by atoms with van der Waals surface area (Å²) >= 11 is 0. The van der Waals surface area contributed by atoms with E-state index >= 15 is 0 Å². The lowest BCUT2D eigenvalue weighted by Crippen LogP contribution is -2.40. The molecule has 46 heavy (non-hydrogen) atoms. The molecule has 2 aromatic heterocycles. The molecule has 3 atom stereocenters. The first kappa shape index (κ1) is 30.1. The van der Waals surface area contributed by atoms with E-state index in [-0.39, 0.29) is 24.1 Å². The molecular formula is C36H42N6O4. The molecule has 4 aromatic rings. The summed E-state index contributed by atoms with van der Waals surface area (Å²) in [4.78, 5) is 42.3. The fourth-order valence-electron chi connectivity index (χ4n) is 7.37. The summed E-state index contributed by atoms with van der Waals surface area (Å²) in [5.74, 6) is 1.79. The third-order valence-corrected chi connectivity index (χ3v) is 9.54. The molecule has 2 fully saturated rings. The number of fused-ring (bicyclic) bond motifs is 3. The van der Waals surface area contributed by atoms with Gasteiger partial charge in [0.05, 0.1) is 29.3 Å². The van der Waals surface area contributed by atoms with Gasteiger partial charge in [-0.3, -0.25) is 4.90 Å². The summed E-state index contributed by atoms with van der Waals surface area (Å²) in [6, 6.07) is 15.0. The van der Waals surface area contributed by atoms with Gasteiger partial charge >= 0.3 is 12.2 Å². The number of hydrogen-bond donors (Lipinski definition) is 4. The first-order chi connectivity index (χ1) is 22.1. The molecular weight excluding hydrogens is 580 g/mol. The molecule has 1 aliphatic heterocycles. The molecule has 10 nitrogen and oxygen atoms in total. The van der Waals surface area contributed by atoms with Crippen LogP contribution in [0.4, 0.5) is 9.59 Å². The zero-order chi connectivity index (χ0) is 32.0. The van der Waals surface area contributed by atoms with Gasteiger partial charge in [-0.05, 0) is 88.0 Å². The highest BCUT2D eigenvalue weighted by atomic mass is 16.6. The lowest BCUT2D eigenvalue weighted by atomic mass is 9.95. The monoisotopic (exact) mass is 622 g/mol. The largest absolute Gasteiger partial charge is 0.465 e. The predicted octanol–water partition coefficient (Wildman–Crippen LogP) is 7.60. The fraction of sp³-hybridized carbons (Fsp3) is 0.444. The van der Waals surface area contributed by atoms with Crippen LogP contribution < -0.4 is 5.32 Å². The van der Waals surface area contributed by atoms with E-state index in [9.17, 15) is 14.7 Å². The molecule has 0 bridgehead atoms. The number of imidazole rings is 2. The number of likely N-dealkylation sites (tertiary alicyclic amines) is 1. The number of carboxylic acid groups (broad SMARTS) is 1. The van der Waals surface area contributed by atoms with Crippen molar-refractivity contribution in [3.63, 3.8) is 0 Å². The Balaban J connectivity index is 1.07. The Bertz CT molecular complexity index is 1750. The van der Waals surface area contributed by atoms with Crippen LogP contribution in [-0.4, -0.2) is 60.3 Å².